The van der Waals surface area contributed by atoms with Crippen LogP contribution in [0.15, 0.2) is 39.9 Å². The SMILES string of the molecule is Cc1cc(=O)n(CC(=O)Nc2ccc(Br)cc2F)cn1. The van der Waals surface area contributed by atoms with Crippen LogP contribution in [0.1, 0.15) is 5.69 Å². The first kappa shape index (κ1) is 14.4. The maximum atomic E-state index is 13.6. The van der Waals surface area contributed by atoms with E-state index in [0.717, 1.165) is 4.57 Å². The maximum Gasteiger partial charge on any atom is 0.253 e. The minimum Gasteiger partial charge on any atom is -0.322 e. The number of hydrogen-bond donors (Lipinski definition) is 1. The largest absolute Gasteiger partial charge is 0.322 e. The van der Waals surface area contributed by atoms with Gasteiger partial charge in [0.2, 0.25) is 5.91 Å². The van der Waals surface area contributed by atoms with E-state index >= 15 is 0 Å². The number of rotatable bonds is 3. The van der Waals surface area contributed by atoms with Gasteiger partial charge in [0.25, 0.3) is 5.56 Å². The second-order valence-electron chi connectivity index (χ2n) is 4.17. The quantitative estimate of drug-likeness (QED) is 0.931. The number of nitrogens with zero attached hydrogens (tertiary/aromatic N) is 2. The first-order valence-corrected chi connectivity index (χ1v) is 6.53. The number of carbonyl (C=O) groups is 1. The summed E-state index contributed by atoms with van der Waals surface area (Å²) in [6, 6.07) is 5.62. The Balaban J connectivity index is 2.11. The summed E-state index contributed by atoms with van der Waals surface area (Å²) in [6.45, 7) is 1.46. The predicted molar refractivity (Wildman–Crippen MR) is 76.0 cm³/mol. The van der Waals surface area contributed by atoms with Gasteiger partial charge in [-0.15, -0.1) is 0 Å². The third kappa shape index (κ3) is 3.51. The van der Waals surface area contributed by atoms with Crippen LogP contribution < -0.4 is 10.9 Å². The van der Waals surface area contributed by atoms with Crippen molar-refractivity contribution < 1.29 is 9.18 Å². The Hall–Kier alpha value is -2.02. The van der Waals surface area contributed by atoms with Crippen LogP contribution in [0, 0.1) is 12.7 Å². The molecule has 1 N–H and O–H groups in total. The van der Waals surface area contributed by atoms with Crippen LogP contribution in [0.5, 0.6) is 0 Å². The molecule has 0 fully saturated rings. The maximum absolute atomic E-state index is 13.6. The molecule has 104 valence electrons. The van der Waals surface area contributed by atoms with Gasteiger partial charge in [-0.25, -0.2) is 9.37 Å². The van der Waals surface area contributed by atoms with Crippen LogP contribution in [-0.4, -0.2) is 15.5 Å². The summed E-state index contributed by atoms with van der Waals surface area (Å²) < 4.78 is 15.3. The van der Waals surface area contributed by atoms with Crippen LogP contribution in [0.2, 0.25) is 0 Å². The van der Waals surface area contributed by atoms with E-state index in [4.69, 9.17) is 0 Å². The van der Waals surface area contributed by atoms with Gasteiger partial charge in [0, 0.05) is 16.2 Å². The summed E-state index contributed by atoms with van der Waals surface area (Å²) in [7, 11) is 0. The molecule has 2 aromatic rings. The number of hydrogen-bond acceptors (Lipinski definition) is 3. The number of carbonyl (C=O) groups excluding carboxylic acids is 1. The van der Waals surface area contributed by atoms with Gasteiger partial charge in [-0.2, -0.15) is 0 Å². The molecule has 7 heteroatoms. The van der Waals surface area contributed by atoms with E-state index in [1.54, 1.807) is 13.0 Å². The fraction of sp³-hybridized carbons (Fsp3) is 0.154. The summed E-state index contributed by atoms with van der Waals surface area (Å²) in [5.41, 5.74) is 0.306. The highest BCUT2D eigenvalue weighted by Crippen LogP contribution is 2.19. The molecule has 1 amide bonds. The topological polar surface area (TPSA) is 64.0 Å². The molecular formula is C13H11BrFN3O2. The highest BCUT2D eigenvalue weighted by atomic mass is 79.9. The van der Waals surface area contributed by atoms with Gasteiger partial charge < -0.3 is 5.32 Å². The molecule has 0 atom stereocenters. The number of amides is 1. The van der Waals surface area contributed by atoms with E-state index in [2.05, 4.69) is 26.2 Å². The molecule has 1 heterocycles. The number of aromatic nitrogens is 2. The average Bonchev–Trinajstić information content (AvgIpc) is 2.36. The minimum atomic E-state index is -0.554. The molecule has 5 nitrogen and oxygen atoms in total. The zero-order valence-electron chi connectivity index (χ0n) is 10.6. The standard InChI is InChI=1S/C13H11BrFN3O2/c1-8-4-13(20)18(7-16-8)6-12(19)17-11-3-2-9(14)5-10(11)15/h2-5,7H,6H2,1H3,(H,17,19). The van der Waals surface area contributed by atoms with Crippen LogP contribution in [0.4, 0.5) is 10.1 Å². The Morgan fingerprint density at radius 3 is 2.85 bits per heavy atom. The van der Waals surface area contributed by atoms with Gasteiger partial charge in [-0.3, -0.25) is 14.2 Å². The van der Waals surface area contributed by atoms with E-state index < -0.39 is 11.7 Å². The van der Waals surface area contributed by atoms with Gasteiger partial charge >= 0.3 is 0 Å². The van der Waals surface area contributed by atoms with E-state index in [0.29, 0.717) is 10.2 Å². The van der Waals surface area contributed by atoms with Crippen molar-refractivity contribution in [2.75, 3.05) is 5.32 Å². The highest BCUT2D eigenvalue weighted by Gasteiger charge is 2.09. The second kappa shape index (κ2) is 5.96. The molecule has 0 spiro atoms. The molecule has 0 saturated heterocycles. The zero-order valence-corrected chi connectivity index (χ0v) is 12.1. The molecule has 0 aliphatic rings. The van der Waals surface area contributed by atoms with Crippen LogP contribution >= 0.6 is 15.9 Å². The molecule has 0 aliphatic carbocycles. The summed E-state index contributed by atoms with van der Waals surface area (Å²) in [5, 5.41) is 2.41. The van der Waals surface area contributed by atoms with E-state index in [-0.39, 0.29) is 17.8 Å². The molecule has 20 heavy (non-hydrogen) atoms. The Morgan fingerprint density at radius 1 is 1.45 bits per heavy atom. The molecule has 2 rings (SSSR count). The third-order valence-corrected chi connectivity index (χ3v) is 3.03. The summed E-state index contributed by atoms with van der Waals surface area (Å²) in [4.78, 5) is 27.3. The van der Waals surface area contributed by atoms with E-state index in [1.807, 2.05) is 0 Å². The summed E-state index contributed by atoms with van der Waals surface area (Å²) in [6.07, 6.45) is 1.29. The van der Waals surface area contributed by atoms with Crippen molar-refractivity contribution in [3.8, 4) is 0 Å². The van der Waals surface area contributed by atoms with Crippen LogP contribution in [0.3, 0.4) is 0 Å². The van der Waals surface area contributed by atoms with Gasteiger partial charge in [-0.1, -0.05) is 15.9 Å². The molecule has 0 bridgehead atoms. The lowest BCUT2D eigenvalue weighted by Gasteiger charge is -2.08. The van der Waals surface area contributed by atoms with Gasteiger partial charge in [0.05, 0.1) is 12.0 Å². The first-order chi connectivity index (χ1) is 9.45. The third-order valence-electron chi connectivity index (χ3n) is 2.54. The van der Waals surface area contributed by atoms with Gasteiger partial charge in [0.1, 0.15) is 12.4 Å². The normalized spacial score (nSPS) is 10.3. The fourth-order valence-corrected chi connectivity index (χ4v) is 1.90. The van der Waals surface area contributed by atoms with Crippen molar-refractivity contribution in [2.45, 2.75) is 13.5 Å². The van der Waals surface area contributed by atoms with E-state index in [1.165, 1.54) is 24.5 Å². The Bertz CT molecular complexity index is 715. The lowest BCUT2D eigenvalue weighted by atomic mass is 10.3. The molecular weight excluding hydrogens is 329 g/mol. The molecule has 0 unspecified atom stereocenters. The Morgan fingerprint density at radius 2 is 2.20 bits per heavy atom. The predicted octanol–water partition coefficient (Wildman–Crippen LogP) is 2.09. The van der Waals surface area contributed by atoms with Crippen LogP contribution in [-0.2, 0) is 11.3 Å². The van der Waals surface area contributed by atoms with E-state index in [9.17, 15) is 14.0 Å². The Labute approximate surface area is 122 Å². The fourth-order valence-electron chi connectivity index (χ4n) is 1.57. The average molecular weight is 340 g/mol. The first-order valence-electron chi connectivity index (χ1n) is 5.73. The van der Waals surface area contributed by atoms with Crippen molar-refractivity contribution in [3.05, 3.63) is 56.9 Å². The molecule has 0 saturated carbocycles. The second-order valence-corrected chi connectivity index (χ2v) is 5.08. The van der Waals surface area contributed by atoms with Crippen molar-refractivity contribution in [3.63, 3.8) is 0 Å². The highest BCUT2D eigenvalue weighted by molar-refractivity contribution is 9.10. The summed E-state index contributed by atoms with van der Waals surface area (Å²) >= 11 is 3.13. The van der Waals surface area contributed by atoms with Crippen molar-refractivity contribution in [1.29, 1.82) is 0 Å². The van der Waals surface area contributed by atoms with Crippen molar-refractivity contribution in [2.24, 2.45) is 0 Å². The monoisotopic (exact) mass is 339 g/mol. The Kier molecular flexibility index (Phi) is 4.29. The number of nitrogens with one attached hydrogen (secondary N) is 1. The lowest BCUT2D eigenvalue weighted by Crippen LogP contribution is -2.27. The minimum absolute atomic E-state index is 0.0614. The van der Waals surface area contributed by atoms with Crippen LogP contribution in [0.25, 0.3) is 0 Å². The van der Waals surface area contributed by atoms with Gasteiger partial charge in [0.15, 0.2) is 0 Å². The number of benzene rings is 1. The zero-order chi connectivity index (χ0) is 14.7. The smallest absolute Gasteiger partial charge is 0.253 e. The lowest BCUT2D eigenvalue weighted by molar-refractivity contribution is -0.116. The molecule has 0 aliphatic heterocycles. The number of aryl methyl sites for hydroxylation is 1. The number of anilines is 1. The number of halogens is 2. The molecule has 1 aromatic carbocycles. The van der Waals surface area contributed by atoms with Crippen molar-refractivity contribution in [1.82, 2.24) is 9.55 Å². The van der Waals surface area contributed by atoms with Gasteiger partial charge in [-0.05, 0) is 25.1 Å². The summed E-state index contributed by atoms with van der Waals surface area (Å²) in [5.74, 6) is -1.05. The van der Waals surface area contributed by atoms with Crippen molar-refractivity contribution >= 4 is 27.5 Å². The molecule has 0 radical (unpaired) electrons. The molecule has 1 aromatic heterocycles.